The van der Waals surface area contributed by atoms with Gasteiger partial charge in [0.25, 0.3) is 0 Å². The first-order chi connectivity index (χ1) is 9.19. The summed E-state index contributed by atoms with van der Waals surface area (Å²) in [6.07, 6.45) is 0. The molecule has 0 aliphatic heterocycles. The zero-order chi connectivity index (χ0) is 15.5. The van der Waals surface area contributed by atoms with Gasteiger partial charge in [-0.25, -0.2) is 17.9 Å². The molecular formula is C11H13BrClNO5S. The molecule has 0 aliphatic rings. The molecule has 0 aromatic heterocycles. The Bertz CT molecular complexity index is 619. The predicted molar refractivity (Wildman–Crippen MR) is 77.5 cm³/mol. The Labute approximate surface area is 129 Å². The van der Waals surface area contributed by atoms with Crippen LogP contribution in [0.15, 0.2) is 21.5 Å². The summed E-state index contributed by atoms with van der Waals surface area (Å²) in [6, 6.07) is 2.21. The lowest BCUT2D eigenvalue weighted by molar-refractivity contribution is 0.0696. The highest BCUT2D eigenvalue weighted by Crippen LogP contribution is 2.29. The number of carboxylic acid groups (broad SMARTS) is 1. The Balaban J connectivity index is 3.16. The van der Waals surface area contributed by atoms with Gasteiger partial charge < -0.3 is 10.2 Å². The molecule has 0 bridgehead atoms. The predicted octanol–water partition coefficient (Wildman–Crippen LogP) is 1.71. The number of aliphatic hydroxyl groups is 1. The van der Waals surface area contributed by atoms with Crippen LogP contribution in [0.25, 0.3) is 0 Å². The average Bonchev–Trinajstić information content (AvgIpc) is 2.38. The van der Waals surface area contributed by atoms with E-state index in [1.165, 1.54) is 6.07 Å². The molecule has 0 fully saturated rings. The van der Waals surface area contributed by atoms with E-state index in [2.05, 4.69) is 20.7 Å². The van der Waals surface area contributed by atoms with Gasteiger partial charge in [-0.15, -0.1) is 0 Å². The molecule has 20 heavy (non-hydrogen) atoms. The number of aromatic carboxylic acids is 1. The average molecular weight is 387 g/mol. The third kappa shape index (κ3) is 4.16. The second-order valence-corrected chi connectivity index (χ2v) is 7.21. The molecule has 1 aromatic rings. The molecule has 0 spiro atoms. The minimum atomic E-state index is -3.87. The number of sulfonamides is 1. The van der Waals surface area contributed by atoms with Gasteiger partial charge >= 0.3 is 5.97 Å². The third-order valence-corrected chi connectivity index (χ3v) is 5.14. The van der Waals surface area contributed by atoms with E-state index in [1.54, 1.807) is 6.92 Å². The number of rotatable bonds is 6. The van der Waals surface area contributed by atoms with Crippen molar-refractivity contribution in [3.8, 4) is 0 Å². The molecule has 6 nitrogen and oxygen atoms in total. The molecule has 1 unspecified atom stereocenters. The molecule has 3 N–H and O–H groups in total. The number of carbonyl (C=O) groups is 1. The number of hydrogen-bond donors (Lipinski definition) is 3. The van der Waals surface area contributed by atoms with Crippen molar-refractivity contribution >= 4 is 43.5 Å². The molecule has 9 heteroatoms. The number of benzene rings is 1. The molecule has 1 atom stereocenters. The topological polar surface area (TPSA) is 104 Å². The molecule has 0 aliphatic carbocycles. The van der Waals surface area contributed by atoms with Crippen LogP contribution in [0.1, 0.15) is 17.3 Å². The summed E-state index contributed by atoms with van der Waals surface area (Å²) >= 11 is 8.81. The Hall–Kier alpha value is -0.670. The smallest absolute Gasteiger partial charge is 0.337 e. The van der Waals surface area contributed by atoms with E-state index in [1.807, 2.05) is 0 Å². The Morgan fingerprint density at radius 3 is 2.60 bits per heavy atom. The zero-order valence-electron chi connectivity index (χ0n) is 10.4. The summed E-state index contributed by atoms with van der Waals surface area (Å²) in [7, 11) is -3.87. The fourth-order valence-electron chi connectivity index (χ4n) is 1.27. The highest BCUT2D eigenvalue weighted by atomic mass is 79.9. The van der Waals surface area contributed by atoms with E-state index >= 15 is 0 Å². The molecule has 112 valence electrons. The quantitative estimate of drug-likeness (QED) is 0.690. The number of aliphatic hydroxyl groups excluding tert-OH is 1. The van der Waals surface area contributed by atoms with Gasteiger partial charge in [0.15, 0.2) is 0 Å². The van der Waals surface area contributed by atoms with Gasteiger partial charge in [0, 0.05) is 17.6 Å². The van der Waals surface area contributed by atoms with E-state index in [4.69, 9.17) is 21.8 Å². The van der Waals surface area contributed by atoms with E-state index in [-0.39, 0.29) is 39.0 Å². The molecule has 0 heterocycles. The maximum Gasteiger partial charge on any atom is 0.337 e. The maximum atomic E-state index is 12.0. The summed E-state index contributed by atoms with van der Waals surface area (Å²) in [5.74, 6) is -1.57. The Kier molecular flexibility index (Phi) is 5.96. The lowest BCUT2D eigenvalue weighted by atomic mass is 10.2. The Morgan fingerprint density at radius 2 is 2.10 bits per heavy atom. The number of hydrogen-bond acceptors (Lipinski definition) is 4. The van der Waals surface area contributed by atoms with Crippen LogP contribution in [-0.2, 0) is 10.0 Å². The molecule has 0 amide bonds. The van der Waals surface area contributed by atoms with Crippen molar-refractivity contribution in [2.75, 3.05) is 13.2 Å². The van der Waals surface area contributed by atoms with Crippen molar-refractivity contribution in [1.29, 1.82) is 0 Å². The van der Waals surface area contributed by atoms with Gasteiger partial charge in [-0.1, -0.05) is 18.5 Å². The van der Waals surface area contributed by atoms with Crippen LogP contribution in [0.3, 0.4) is 0 Å². The minimum Gasteiger partial charge on any atom is -0.478 e. The monoisotopic (exact) mass is 385 g/mol. The number of halogens is 2. The SMILES string of the molecule is CC(CO)CNS(=O)(=O)c1cc(Br)c(Cl)c(C(=O)O)c1. The van der Waals surface area contributed by atoms with Crippen molar-refractivity contribution in [1.82, 2.24) is 4.72 Å². The van der Waals surface area contributed by atoms with Crippen molar-refractivity contribution in [2.24, 2.45) is 5.92 Å². The molecule has 1 aromatic carbocycles. The minimum absolute atomic E-state index is 0.0431. The summed E-state index contributed by atoms with van der Waals surface area (Å²) in [5.41, 5.74) is -0.309. The summed E-state index contributed by atoms with van der Waals surface area (Å²) in [5, 5.41) is 17.8. The molecule has 0 radical (unpaired) electrons. The van der Waals surface area contributed by atoms with E-state index in [0.717, 1.165) is 6.07 Å². The van der Waals surface area contributed by atoms with Crippen LogP contribution in [0.2, 0.25) is 5.02 Å². The summed E-state index contributed by atoms with van der Waals surface area (Å²) in [6.45, 7) is 1.55. The summed E-state index contributed by atoms with van der Waals surface area (Å²) < 4.78 is 26.6. The van der Waals surface area contributed by atoms with E-state index in [0.29, 0.717) is 0 Å². The largest absolute Gasteiger partial charge is 0.478 e. The van der Waals surface area contributed by atoms with Crippen molar-refractivity contribution in [3.63, 3.8) is 0 Å². The van der Waals surface area contributed by atoms with Crippen molar-refractivity contribution in [2.45, 2.75) is 11.8 Å². The van der Waals surface area contributed by atoms with Crippen LogP contribution in [0.5, 0.6) is 0 Å². The van der Waals surface area contributed by atoms with Crippen molar-refractivity contribution in [3.05, 3.63) is 27.2 Å². The van der Waals surface area contributed by atoms with Crippen LogP contribution in [-0.4, -0.2) is 37.8 Å². The first-order valence-corrected chi connectivity index (χ1v) is 8.17. The van der Waals surface area contributed by atoms with E-state index in [9.17, 15) is 13.2 Å². The fourth-order valence-corrected chi connectivity index (χ4v) is 3.29. The van der Waals surface area contributed by atoms with Gasteiger partial charge in [0.05, 0.1) is 15.5 Å². The number of nitrogens with one attached hydrogen (secondary N) is 1. The summed E-state index contributed by atoms with van der Waals surface area (Å²) in [4.78, 5) is 10.8. The van der Waals surface area contributed by atoms with Crippen molar-refractivity contribution < 1.29 is 23.4 Å². The lowest BCUT2D eigenvalue weighted by Crippen LogP contribution is -2.29. The lowest BCUT2D eigenvalue weighted by Gasteiger charge is -2.12. The van der Waals surface area contributed by atoms with E-state index < -0.39 is 16.0 Å². The van der Waals surface area contributed by atoms with Crippen LogP contribution in [0, 0.1) is 5.92 Å². The van der Waals surface area contributed by atoms with Crippen LogP contribution >= 0.6 is 27.5 Å². The standard InChI is InChI=1S/C11H13BrClNO5S/c1-6(5-15)4-14-20(18,19)7-2-8(11(16)17)10(13)9(12)3-7/h2-3,6,14-15H,4-5H2,1H3,(H,16,17). The van der Waals surface area contributed by atoms with Gasteiger partial charge in [-0.2, -0.15) is 0 Å². The van der Waals surface area contributed by atoms with Gasteiger partial charge in [0.2, 0.25) is 10.0 Å². The zero-order valence-corrected chi connectivity index (χ0v) is 13.6. The molecule has 1 rings (SSSR count). The second kappa shape index (κ2) is 6.86. The van der Waals surface area contributed by atoms with Gasteiger partial charge in [0.1, 0.15) is 0 Å². The van der Waals surface area contributed by atoms with Gasteiger partial charge in [-0.05, 0) is 34.0 Å². The molecule has 0 saturated carbocycles. The van der Waals surface area contributed by atoms with Gasteiger partial charge in [-0.3, -0.25) is 0 Å². The third-order valence-electron chi connectivity index (χ3n) is 2.48. The maximum absolute atomic E-state index is 12.0. The molecular weight excluding hydrogens is 374 g/mol. The first-order valence-electron chi connectivity index (χ1n) is 5.52. The molecule has 0 saturated heterocycles. The first kappa shape index (κ1) is 17.4. The fraction of sp³-hybridized carbons (Fsp3) is 0.364. The highest BCUT2D eigenvalue weighted by molar-refractivity contribution is 9.10. The van der Waals surface area contributed by atoms with Crippen LogP contribution < -0.4 is 4.72 Å². The Morgan fingerprint density at radius 1 is 1.50 bits per heavy atom. The normalized spacial score (nSPS) is 13.2. The van der Waals surface area contributed by atoms with Crippen LogP contribution in [0.4, 0.5) is 0 Å². The second-order valence-electron chi connectivity index (χ2n) is 4.21. The number of carboxylic acids is 1. The highest BCUT2D eigenvalue weighted by Gasteiger charge is 2.21.